The van der Waals surface area contributed by atoms with Gasteiger partial charge in [-0.2, -0.15) is 5.10 Å². The molecular weight excluding hydrogens is 428 g/mol. The number of halogens is 1. The SMILES string of the molecule is COc1cccc([C@@H]2Oc3ccc(Cl)cc3[C@H]3CC(c4ccc(OC)c(OC)c4)=NN32)c1. The first-order valence-corrected chi connectivity index (χ1v) is 10.7. The van der Waals surface area contributed by atoms with Gasteiger partial charge < -0.3 is 18.9 Å². The fraction of sp³-hybridized carbons (Fsp3) is 0.240. The predicted molar refractivity (Wildman–Crippen MR) is 123 cm³/mol. The second-order valence-corrected chi connectivity index (χ2v) is 8.08. The van der Waals surface area contributed by atoms with Gasteiger partial charge in [-0.05, 0) is 48.5 Å². The molecule has 2 aliphatic heterocycles. The minimum Gasteiger partial charge on any atom is -0.497 e. The van der Waals surface area contributed by atoms with Crippen molar-refractivity contribution in [1.29, 1.82) is 0 Å². The molecule has 7 heteroatoms. The van der Waals surface area contributed by atoms with E-state index in [9.17, 15) is 0 Å². The number of benzene rings is 3. The lowest BCUT2D eigenvalue weighted by Gasteiger charge is -2.38. The first-order valence-electron chi connectivity index (χ1n) is 10.3. The van der Waals surface area contributed by atoms with E-state index in [2.05, 4.69) is 0 Å². The van der Waals surface area contributed by atoms with Crippen LogP contribution in [0, 0.1) is 0 Å². The van der Waals surface area contributed by atoms with Crippen LogP contribution in [0.3, 0.4) is 0 Å². The Morgan fingerprint density at radius 2 is 1.78 bits per heavy atom. The Labute approximate surface area is 191 Å². The molecule has 2 aliphatic rings. The van der Waals surface area contributed by atoms with Gasteiger partial charge in [0.1, 0.15) is 11.5 Å². The molecule has 0 fully saturated rings. The average molecular weight is 451 g/mol. The molecule has 0 radical (unpaired) electrons. The highest BCUT2D eigenvalue weighted by Crippen LogP contribution is 2.48. The summed E-state index contributed by atoms with van der Waals surface area (Å²) in [5.74, 6) is 2.93. The van der Waals surface area contributed by atoms with Crippen LogP contribution in [0.1, 0.15) is 35.4 Å². The number of nitrogens with zero attached hydrogens (tertiary/aromatic N) is 2. The molecule has 0 amide bonds. The number of methoxy groups -OCH3 is 3. The summed E-state index contributed by atoms with van der Waals surface area (Å²) < 4.78 is 22.7. The van der Waals surface area contributed by atoms with Crippen LogP contribution in [0.4, 0.5) is 0 Å². The van der Waals surface area contributed by atoms with E-state index in [1.54, 1.807) is 21.3 Å². The monoisotopic (exact) mass is 450 g/mol. The molecule has 164 valence electrons. The molecule has 0 saturated carbocycles. The Hall–Kier alpha value is -3.38. The maximum absolute atomic E-state index is 6.41. The van der Waals surface area contributed by atoms with E-state index in [4.69, 9.17) is 35.6 Å². The van der Waals surface area contributed by atoms with E-state index in [1.807, 2.05) is 65.7 Å². The number of rotatable bonds is 5. The van der Waals surface area contributed by atoms with Gasteiger partial charge in [-0.1, -0.05) is 23.7 Å². The van der Waals surface area contributed by atoms with E-state index < -0.39 is 0 Å². The van der Waals surface area contributed by atoms with Crippen molar-refractivity contribution in [3.8, 4) is 23.0 Å². The third kappa shape index (κ3) is 3.50. The van der Waals surface area contributed by atoms with Crippen LogP contribution in [-0.2, 0) is 0 Å². The molecule has 3 aromatic rings. The lowest BCUT2D eigenvalue weighted by atomic mass is 9.95. The zero-order valence-electron chi connectivity index (χ0n) is 18.0. The van der Waals surface area contributed by atoms with Crippen LogP contribution in [0.2, 0.25) is 5.02 Å². The third-order valence-corrected chi connectivity index (χ3v) is 6.08. The molecule has 2 atom stereocenters. The van der Waals surface area contributed by atoms with Gasteiger partial charge in [0.05, 0.1) is 33.1 Å². The Kier molecular flexibility index (Phi) is 5.31. The first kappa shape index (κ1) is 20.5. The van der Waals surface area contributed by atoms with E-state index >= 15 is 0 Å². The van der Waals surface area contributed by atoms with Crippen molar-refractivity contribution in [1.82, 2.24) is 5.01 Å². The van der Waals surface area contributed by atoms with Crippen LogP contribution in [0.25, 0.3) is 0 Å². The quantitative estimate of drug-likeness (QED) is 0.505. The molecule has 0 unspecified atom stereocenters. The fourth-order valence-corrected chi connectivity index (χ4v) is 4.44. The van der Waals surface area contributed by atoms with Crippen molar-refractivity contribution in [3.05, 3.63) is 82.4 Å². The number of fused-ring (bicyclic) bond motifs is 3. The van der Waals surface area contributed by atoms with Crippen LogP contribution in [0.5, 0.6) is 23.0 Å². The summed E-state index contributed by atoms with van der Waals surface area (Å²) in [4.78, 5) is 0. The van der Waals surface area contributed by atoms with Gasteiger partial charge in [-0.15, -0.1) is 0 Å². The molecule has 0 bridgehead atoms. The summed E-state index contributed by atoms with van der Waals surface area (Å²) in [5, 5.41) is 7.68. The van der Waals surface area contributed by atoms with Crippen molar-refractivity contribution in [2.24, 2.45) is 5.10 Å². The largest absolute Gasteiger partial charge is 0.497 e. The van der Waals surface area contributed by atoms with Crippen molar-refractivity contribution >= 4 is 17.3 Å². The summed E-state index contributed by atoms with van der Waals surface area (Å²) in [5.41, 5.74) is 3.91. The van der Waals surface area contributed by atoms with Crippen molar-refractivity contribution < 1.29 is 18.9 Å². The van der Waals surface area contributed by atoms with Crippen LogP contribution in [-0.4, -0.2) is 32.0 Å². The average Bonchev–Trinajstić information content (AvgIpc) is 3.29. The molecule has 32 heavy (non-hydrogen) atoms. The van der Waals surface area contributed by atoms with Gasteiger partial charge in [0, 0.05) is 28.1 Å². The molecular formula is C25H23ClN2O4. The van der Waals surface area contributed by atoms with E-state index in [0.29, 0.717) is 22.9 Å². The Morgan fingerprint density at radius 3 is 2.56 bits per heavy atom. The number of hydrazone groups is 1. The fourth-order valence-electron chi connectivity index (χ4n) is 4.26. The molecule has 0 N–H and O–H groups in total. The molecule has 0 aromatic heterocycles. The Morgan fingerprint density at radius 1 is 0.938 bits per heavy atom. The maximum atomic E-state index is 6.41. The number of hydrogen-bond acceptors (Lipinski definition) is 6. The lowest BCUT2D eigenvalue weighted by molar-refractivity contribution is -0.0191. The molecule has 2 heterocycles. The van der Waals surface area contributed by atoms with Crippen LogP contribution < -0.4 is 18.9 Å². The molecule has 0 aliphatic carbocycles. The summed E-state index contributed by atoms with van der Waals surface area (Å²) in [6, 6.07) is 19.5. The van der Waals surface area contributed by atoms with E-state index in [0.717, 1.165) is 33.9 Å². The number of ether oxygens (including phenoxy) is 4. The highest BCUT2D eigenvalue weighted by atomic mass is 35.5. The third-order valence-electron chi connectivity index (χ3n) is 5.85. The Balaban J connectivity index is 1.59. The second kappa shape index (κ2) is 8.28. The predicted octanol–water partition coefficient (Wildman–Crippen LogP) is 5.61. The smallest absolute Gasteiger partial charge is 0.214 e. The van der Waals surface area contributed by atoms with E-state index in [-0.39, 0.29) is 12.3 Å². The molecule has 0 saturated heterocycles. The van der Waals surface area contributed by atoms with Crippen molar-refractivity contribution in [2.75, 3.05) is 21.3 Å². The molecule has 5 rings (SSSR count). The summed E-state index contributed by atoms with van der Waals surface area (Å²) in [7, 11) is 4.91. The summed E-state index contributed by atoms with van der Waals surface area (Å²) in [6.07, 6.45) is 0.327. The molecule has 0 spiro atoms. The molecule has 6 nitrogen and oxygen atoms in total. The maximum Gasteiger partial charge on any atom is 0.214 e. The topological polar surface area (TPSA) is 52.5 Å². The zero-order chi connectivity index (χ0) is 22.2. The standard InChI is InChI=1S/C25H23ClN2O4/c1-29-18-6-4-5-16(11-18)25-28-21(19-13-17(26)8-10-22(19)32-25)14-20(27-28)15-7-9-23(30-2)24(12-15)31-3/h4-13,21,25H,14H2,1-3H3/t21-,25+/m1/s1. The zero-order valence-corrected chi connectivity index (χ0v) is 18.8. The van der Waals surface area contributed by atoms with Gasteiger partial charge in [-0.25, -0.2) is 5.01 Å². The summed E-state index contributed by atoms with van der Waals surface area (Å²) in [6.45, 7) is 0. The summed E-state index contributed by atoms with van der Waals surface area (Å²) >= 11 is 6.33. The first-order chi connectivity index (χ1) is 15.6. The van der Waals surface area contributed by atoms with Gasteiger partial charge in [0.2, 0.25) is 6.23 Å². The van der Waals surface area contributed by atoms with Crippen molar-refractivity contribution in [3.63, 3.8) is 0 Å². The van der Waals surface area contributed by atoms with Crippen LogP contribution >= 0.6 is 11.6 Å². The normalized spacial score (nSPS) is 18.9. The highest BCUT2D eigenvalue weighted by molar-refractivity contribution is 6.30. The minimum atomic E-state index is -0.388. The van der Waals surface area contributed by atoms with Crippen molar-refractivity contribution in [2.45, 2.75) is 18.7 Å². The van der Waals surface area contributed by atoms with Gasteiger partial charge in [-0.3, -0.25) is 0 Å². The van der Waals surface area contributed by atoms with Gasteiger partial charge in [0.15, 0.2) is 11.5 Å². The van der Waals surface area contributed by atoms with Gasteiger partial charge in [0.25, 0.3) is 0 Å². The van der Waals surface area contributed by atoms with E-state index in [1.165, 1.54) is 0 Å². The minimum absolute atomic E-state index is 0.00301. The highest BCUT2D eigenvalue weighted by Gasteiger charge is 2.41. The van der Waals surface area contributed by atoms with Crippen LogP contribution in [0.15, 0.2) is 65.8 Å². The molecule has 3 aromatic carbocycles. The second-order valence-electron chi connectivity index (χ2n) is 7.65. The number of hydrogen-bond donors (Lipinski definition) is 0. The lowest BCUT2D eigenvalue weighted by Crippen LogP contribution is -2.33. The Bertz CT molecular complexity index is 1200. The van der Waals surface area contributed by atoms with Gasteiger partial charge >= 0.3 is 0 Å².